The number of carbonyl (C=O) groups excluding carboxylic acids is 1. The molecule has 1 rings (SSSR count). The van der Waals surface area contributed by atoms with Gasteiger partial charge < -0.3 is 5.32 Å². The van der Waals surface area contributed by atoms with Gasteiger partial charge in [0.2, 0.25) is 5.91 Å². The van der Waals surface area contributed by atoms with Crippen molar-refractivity contribution >= 4 is 18.1 Å². The lowest BCUT2D eigenvalue weighted by atomic mass is 10.2. The highest BCUT2D eigenvalue weighted by Crippen LogP contribution is 2.10. The molecular formula is C11H20N4OS. The fourth-order valence-electron chi connectivity index (χ4n) is 1.56. The van der Waals surface area contributed by atoms with Gasteiger partial charge in [-0.05, 0) is 25.1 Å². The molecule has 1 unspecified atom stereocenters. The van der Waals surface area contributed by atoms with Gasteiger partial charge in [-0.2, -0.15) is 5.10 Å². The zero-order valence-corrected chi connectivity index (χ0v) is 11.6. The van der Waals surface area contributed by atoms with Crippen LogP contribution >= 0.6 is 12.2 Å². The third-order valence-electron chi connectivity index (χ3n) is 2.54. The first kappa shape index (κ1) is 13.9. The van der Waals surface area contributed by atoms with Crippen molar-refractivity contribution in [2.24, 2.45) is 5.92 Å². The molecule has 0 spiro atoms. The first-order valence-corrected chi connectivity index (χ1v) is 6.31. The van der Waals surface area contributed by atoms with Crippen LogP contribution in [-0.4, -0.2) is 27.2 Å². The molecular weight excluding hydrogens is 236 g/mol. The van der Waals surface area contributed by atoms with Crippen molar-refractivity contribution < 1.29 is 4.79 Å². The van der Waals surface area contributed by atoms with Crippen LogP contribution in [0.2, 0.25) is 0 Å². The van der Waals surface area contributed by atoms with Gasteiger partial charge in [-0.1, -0.05) is 20.8 Å². The van der Waals surface area contributed by atoms with Gasteiger partial charge in [0.15, 0.2) is 4.77 Å². The van der Waals surface area contributed by atoms with Crippen LogP contribution in [0.4, 0.5) is 0 Å². The number of nitrogens with zero attached hydrogens (tertiary/aromatic N) is 2. The van der Waals surface area contributed by atoms with Crippen LogP contribution in [0.3, 0.4) is 0 Å². The van der Waals surface area contributed by atoms with E-state index in [4.69, 9.17) is 12.2 Å². The van der Waals surface area contributed by atoms with E-state index in [1.807, 2.05) is 13.8 Å². The van der Waals surface area contributed by atoms with Gasteiger partial charge >= 0.3 is 0 Å². The Kier molecular flexibility index (Phi) is 4.86. The molecule has 0 radical (unpaired) electrons. The van der Waals surface area contributed by atoms with E-state index in [2.05, 4.69) is 29.4 Å². The van der Waals surface area contributed by atoms with E-state index in [1.165, 1.54) is 0 Å². The highest BCUT2D eigenvalue weighted by atomic mass is 32.1. The molecule has 1 aromatic rings. The number of hydrogen-bond acceptors (Lipinski definition) is 3. The second kappa shape index (κ2) is 5.95. The topological polar surface area (TPSA) is 62.7 Å². The molecule has 0 fully saturated rings. The number of amides is 1. The number of nitrogens with one attached hydrogen (secondary N) is 2. The molecule has 96 valence electrons. The van der Waals surface area contributed by atoms with E-state index in [0.29, 0.717) is 17.2 Å². The standard InChI is InChI=1S/C11H20N4OS/c1-5-9-13-14-11(17)15(9)8(4)10(16)12-6-7(2)3/h7-8H,5-6H2,1-4H3,(H,12,16)(H,14,17). The molecule has 0 saturated carbocycles. The van der Waals surface area contributed by atoms with E-state index >= 15 is 0 Å². The summed E-state index contributed by atoms with van der Waals surface area (Å²) >= 11 is 5.14. The van der Waals surface area contributed by atoms with E-state index in [-0.39, 0.29) is 11.9 Å². The van der Waals surface area contributed by atoms with Crippen LogP contribution in [0, 0.1) is 10.7 Å². The molecule has 0 aliphatic carbocycles. The molecule has 1 amide bonds. The van der Waals surface area contributed by atoms with Crippen molar-refractivity contribution in [1.82, 2.24) is 20.1 Å². The zero-order valence-electron chi connectivity index (χ0n) is 10.8. The minimum Gasteiger partial charge on any atom is -0.354 e. The fraction of sp³-hybridized carbons (Fsp3) is 0.727. The van der Waals surface area contributed by atoms with Gasteiger partial charge in [-0.25, -0.2) is 0 Å². The highest BCUT2D eigenvalue weighted by Gasteiger charge is 2.18. The number of hydrogen-bond donors (Lipinski definition) is 2. The fourth-order valence-corrected chi connectivity index (χ4v) is 1.86. The van der Waals surface area contributed by atoms with Crippen LogP contribution < -0.4 is 5.32 Å². The molecule has 2 N–H and O–H groups in total. The lowest BCUT2D eigenvalue weighted by Gasteiger charge is -2.16. The second-order valence-corrected chi connectivity index (χ2v) is 4.87. The maximum Gasteiger partial charge on any atom is 0.242 e. The minimum atomic E-state index is -0.324. The smallest absolute Gasteiger partial charge is 0.242 e. The lowest BCUT2D eigenvalue weighted by molar-refractivity contribution is -0.124. The summed E-state index contributed by atoms with van der Waals surface area (Å²) in [6.07, 6.45) is 0.745. The van der Waals surface area contributed by atoms with E-state index in [9.17, 15) is 4.79 Å². The number of aromatic amines is 1. The highest BCUT2D eigenvalue weighted by molar-refractivity contribution is 7.71. The molecule has 0 aromatic carbocycles. The molecule has 0 saturated heterocycles. The van der Waals surface area contributed by atoms with Crippen molar-refractivity contribution in [3.8, 4) is 0 Å². The monoisotopic (exact) mass is 256 g/mol. The molecule has 5 nitrogen and oxygen atoms in total. The maximum absolute atomic E-state index is 11.9. The molecule has 1 aromatic heterocycles. The van der Waals surface area contributed by atoms with E-state index in [0.717, 1.165) is 12.2 Å². The molecule has 0 aliphatic heterocycles. The Morgan fingerprint density at radius 2 is 2.18 bits per heavy atom. The molecule has 1 heterocycles. The summed E-state index contributed by atoms with van der Waals surface area (Å²) in [7, 11) is 0. The van der Waals surface area contributed by atoms with Crippen LogP contribution in [0.15, 0.2) is 0 Å². The Balaban J connectivity index is 2.81. The molecule has 0 bridgehead atoms. The summed E-state index contributed by atoms with van der Waals surface area (Å²) < 4.78 is 2.26. The third kappa shape index (κ3) is 3.39. The van der Waals surface area contributed by atoms with Gasteiger partial charge in [-0.15, -0.1) is 0 Å². The number of rotatable bonds is 5. The largest absolute Gasteiger partial charge is 0.354 e. The second-order valence-electron chi connectivity index (χ2n) is 4.48. The normalized spacial score (nSPS) is 12.8. The third-order valence-corrected chi connectivity index (χ3v) is 2.83. The predicted molar refractivity (Wildman–Crippen MR) is 69.3 cm³/mol. The van der Waals surface area contributed by atoms with Crippen molar-refractivity contribution in [2.45, 2.75) is 40.2 Å². The van der Waals surface area contributed by atoms with Crippen LogP contribution in [0.25, 0.3) is 0 Å². The zero-order chi connectivity index (χ0) is 13.0. The summed E-state index contributed by atoms with van der Waals surface area (Å²) in [5.74, 6) is 1.22. The summed E-state index contributed by atoms with van der Waals surface area (Å²) in [6.45, 7) is 8.62. The average Bonchev–Trinajstić information content (AvgIpc) is 2.66. The average molecular weight is 256 g/mol. The van der Waals surface area contributed by atoms with Crippen molar-refractivity contribution in [2.75, 3.05) is 6.54 Å². The Morgan fingerprint density at radius 1 is 1.53 bits per heavy atom. The van der Waals surface area contributed by atoms with Gasteiger partial charge in [-0.3, -0.25) is 14.5 Å². The quantitative estimate of drug-likeness (QED) is 0.790. The predicted octanol–water partition coefficient (Wildman–Crippen LogP) is 1.84. The van der Waals surface area contributed by atoms with Gasteiger partial charge in [0.05, 0.1) is 0 Å². The van der Waals surface area contributed by atoms with Gasteiger partial charge in [0.1, 0.15) is 11.9 Å². The minimum absolute atomic E-state index is 0.0223. The Morgan fingerprint density at radius 3 is 2.71 bits per heavy atom. The summed E-state index contributed by atoms with van der Waals surface area (Å²) in [5.41, 5.74) is 0. The van der Waals surface area contributed by atoms with Gasteiger partial charge in [0, 0.05) is 13.0 Å². The first-order chi connectivity index (χ1) is 7.97. The number of carbonyl (C=O) groups is 1. The first-order valence-electron chi connectivity index (χ1n) is 5.90. The number of H-pyrrole nitrogens is 1. The maximum atomic E-state index is 11.9. The summed E-state index contributed by atoms with van der Waals surface area (Å²) in [6, 6.07) is -0.324. The van der Waals surface area contributed by atoms with Crippen LogP contribution in [0.1, 0.15) is 39.6 Å². The Bertz CT molecular complexity index is 435. The van der Waals surface area contributed by atoms with Crippen molar-refractivity contribution in [3.63, 3.8) is 0 Å². The Labute approximate surface area is 107 Å². The summed E-state index contributed by atoms with van der Waals surface area (Å²) in [4.78, 5) is 11.9. The number of aryl methyl sites for hydroxylation is 1. The number of aromatic nitrogens is 3. The van der Waals surface area contributed by atoms with Crippen molar-refractivity contribution in [1.29, 1.82) is 0 Å². The van der Waals surface area contributed by atoms with Crippen LogP contribution in [0.5, 0.6) is 0 Å². The van der Waals surface area contributed by atoms with Crippen LogP contribution in [-0.2, 0) is 11.2 Å². The van der Waals surface area contributed by atoms with E-state index < -0.39 is 0 Å². The molecule has 0 aliphatic rings. The van der Waals surface area contributed by atoms with Crippen molar-refractivity contribution in [3.05, 3.63) is 10.6 Å². The molecule has 17 heavy (non-hydrogen) atoms. The lowest BCUT2D eigenvalue weighted by Crippen LogP contribution is -2.34. The summed E-state index contributed by atoms with van der Waals surface area (Å²) in [5, 5.41) is 9.72. The SMILES string of the molecule is CCc1n[nH]c(=S)n1C(C)C(=O)NCC(C)C. The molecule has 1 atom stereocenters. The van der Waals surface area contributed by atoms with E-state index in [1.54, 1.807) is 4.57 Å². The van der Waals surface area contributed by atoms with Gasteiger partial charge in [0.25, 0.3) is 0 Å². The molecule has 6 heteroatoms. The Hall–Kier alpha value is -1.17.